The number of aromatic nitrogens is 3. The van der Waals surface area contributed by atoms with Crippen molar-refractivity contribution in [2.75, 3.05) is 17.7 Å². The predicted octanol–water partition coefficient (Wildman–Crippen LogP) is 5.69. The van der Waals surface area contributed by atoms with Crippen molar-refractivity contribution in [2.45, 2.75) is 25.9 Å². The van der Waals surface area contributed by atoms with Gasteiger partial charge < -0.3 is 10.1 Å². The van der Waals surface area contributed by atoms with Crippen molar-refractivity contribution in [3.05, 3.63) is 76.7 Å². The summed E-state index contributed by atoms with van der Waals surface area (Å²) >= 11 is 2.19. The highest BCUT2D eigenvalue weighted by molar-refractivity contribution is 7.99. The topological polar surface area (TPSA) is 111 Å². The van der Waals surface area contributed by atoms with E-state index in [0.29, 0.717) is 27.0 Å². The summed E-state index contributed by atoms with van der Waals surface area (Å²) in [5.74, 6) is -1.16. The maximum Gasteiger partial charge on any atom is 0.341 e. The monoisotopic (exact) mass is 532 g/mol. The van der Waals surface area contributed by atoms with E-state index in [1.54, 1.807) is 13.8 Å². The van der Waals surface area contributed by atoms with Gasteiger partial charge in [0.1, 0.15) is 16.4 Å². The minimum atomic E-state index is -0.580. The summed E-state index contributed by atoms with van der Waals surface area (Å²) < 4.78 is 5.13. The number of ketones is 1. The Morgan fingerprint density at radius 3 is 2.16 bits per heavy atom. The fourth-order valence-electron chi connectivity index (χ4n) is 3.64. The molecule has 0 saturated carbocycles. The number of thiophene rings is 1. The van der Waals surface area contributed by atoms with Gasteiger partial charge in [-0.15, -0.1) is 21.5 Å². The molecule has 0 bridgehead atoms. The maximum atomic E-state index is 12.8. The van der Waals surface area contributed by atoms with Crippen LogP contribution >= 0.6 is 23.1 Å². The standard InChI is InChI=1S/C27H24N4O4S2/c1-4-35-26(34)21-16(2)24(17(3)32)37-25(21)28-20(33)15-36-27-29-22(18-11-7-5-8-12-18)23(30-31-27)19-13-9-6-10-14-19/h5-14H,4,15H2,1-3H3,(H,28,33). The summed E-state index contributed by atoms with van der Waals surface area (Å²) in [5, 5.41) is 12.0. The average molecular weight is 533 g/mol. The Kier molecular flexibility index (Phi) is 8.42. The summed E-state index contributed by atoms with van der Waals surface area (Å²) in [7, 11) is 0. The van der Waals surface area contributed by atoms with Crippen LogP contribution in [0, 0.1) is 6.92 Å². The number of carbonyl (C=O) groups excluding carboxylic acids is 3. The second kappa shape index (κ2) is 11.9. The Hall–Kier alpha value is -3.89. The number of rotatable bonds is 9. The first kappa shape index (κ1) is 26.2. The first-order valence-corrected chi connectivity index (χ1v) is 13.3. The fraction of sp³-hybridized carbons (Fsp3) is 0.185. The van der Waals surface area contributed by atoms with Crippen molar-refractivity contribution in [3.8, 4) is 22.5 Å². The van der Waals surface area contributed by atoms with Crippen LogP contribution in [0.15, 0.2) is 65.8 Å². The molecule has 0 aliphatic carbocycles. The smallest absolute Gasteiger partial charge is 0.341 e. The number of amides is 1. The quantitative estimate of drug-likeness (QED) is 0.166. The molecule has 0 radical (unpaired) electrons. The summed E-state index contributed by atoms with van der Waals surface area (Å²) in [6.45, 7) is 4.97. The van der Waals surface area contributed by atoms with Gasteiger partial charge in [0, 0.05) is 11.1 Å². The molecule has 4 aromatic rings. The first-order chi connectivity index (χ1) is 17.9. The molecule has 1 amide bonds. The number of hydrogen-bond donors (Lipinski definition) is 1. The Bertz CT molecular complexity index is 1440. The summed E-state index contributed by atoms with van der Waals surface area (Å²) in [5.41, 5.74) is 3.77. The molecular weight excluding hydrogens is 508 g/mol. The van der Waals surface area contributed by atoms with Gasteiger partial charge in [-0.25, -0.2) is 9.78 Å². The van der Waals surface area contributed by atoms with E-state index in [1.807, 2.05) is 60.7 Å². The van der Waals surface area contributed by atoms with Crippen molar-refractivity contribution in [2.24, 2.45) is 0 Å². The number of benzene rings is 2. The van der Waals surface area contributed by atoms with Crippen molar-refractivity contribution < 1.29 is 19.1 Å². The lowest BCUT2D eigenvalue weighted by molar-refractivity contribution is -0.113. The van der Waals surface area contributed by atoms with E-state index in [2.05, 4.69) is 15.5 Å². The SMILES string of the molecule is CCOC(=O)c1c(NC(=O)CSc2nnc(-c3ccccc3)c(-c3ccccc3)n2)sc(C(C)=O)c1C. The van der Waals surface area contributed by atoms with Crippen molar-refractivity contribution in [1.82, 2.24) is 15.2 Å². The molecule has 0 unspecified atom stereocenters. The Morgan fingerprint density at radius 2 is 1.57 bits per heavy atom. The summed E-state index contributed by atoms with van der Waals surface area (Å²) in [4.78, 5) is 42.4. The van der Waals surface area contributed by atoms with Crippen LogP contribution in [0.1, 0.15) is 39.4 Å². The molecule has 0 atom stereocenters. The molecule has 2 heterocycles. The van der Waals surface area contributed by atoms with Gasteiger partial charge in [-0.1, -0.05) is 72.4 Å². The first-order valence-electron chi connectivity index (χ1n) is 11.5. The van der Waals surface area contributed by atoms with Gasteiger partial charge in [-0.2, -0.15) is 0 Å². The van der Waals surface area contributed by atoms with Crippen LogP contribution in [0.3, 0.4) is 0 Å². The number of hydrogen-bond acceptors (Lipinski definition) is 9. The van der Waals surface area contributed by atoms with E-state index >= 15 is 0 Å². The van der Waals surface area contributed by atoms with Crippen LogP contribution in [-0.4, -0.2) is 45.2 Å². The molecule has 0 aliphatic heterocycles. The third-order valence-corrected chi connectivity index (χ3v) is 7.44. The predicted molar refractivity (Wildman–Crippen MR) is 145 cm³/mol. The number of anilines is 1. The summed E-state index contributed by atoms with van der Waals surface area (Å²) in [6, 6.07) is 19.3. The van der Waals surface area contributed by atoms with Gasteiger partial charge >= 0.3 is 5.97 Å². The lowest BCUT2D eigenvalue weighted by atomic mass is 10.0. The maximum absolute atomic E-state index is 12.8. The molecule has 0 spiro atoms. The van der Waals surface area contributed by atoms with Crippen molar-refractivity contribution >= 4 is 45.8 Å². The second-order valence-electron chi connectivity index (χ2n) is 7.90. The zero-order valence-corrected chi connectivity index (χ0v) is 22.1. The zero-order chi connectivity index (χ0) is 26.4. The van der Waals surface area contributed by atoms with Crippen LogP contribution < -0.4 is 5.32 Å². The Balaban J connectivity index is 1.56. The molecule has 1 N–H and O–H groups in total. The van der Waals surface area contributed by atoms with Crippen LogP contribution in [0.25, 0.3) is 22.5 Å². The average Bonchev–Trinajstić information content (AvgIpc) is 3.24. The van der Waals surface area contributed by atoms with E-state index in [4.69, 9.17) is 9.72 Å². The van der Waals surface area contributed by atoms with Gasteiger partial charge in [0.2, 0.25) is 11.1 Å². The molecule has 8 nitrogen and oxygen atoms in total. The molecule has 0 saturated heterocycles. The van der Waals surface area contributed by atoms with Crippen LogP contribution in [0.5, 0.6) is 0 Å². The highest BCUT2D eigenvalue weighted by atomic mass is 32.2. The molecule has 0 aliphatic rings. The molecular formula is C27H24N4O4S2. The minimum absolute atomic E-state index is 0.0186. The number of nitrogens with zero attached hydrogens (tertiary/aromatic N) is 3. The third kappa shape index (κ3) is 6.10. The van der Waals surface area contributed by atoms with Crippen molar-refractivity contribution in [1.29, 1.82) is 0 Å². The van der Waals surface area contributed by atoms with Gasteiger partial charge in [0.05, 0.1) is 22.8 Å². The van der Waals surface area contributed by atoms with Crippen LogP contribution in [0.4, 0.5) is 5.00 Å². The van der Waals surface area contributed by atoms with E-state index < -0.39 is 5.97 Å². The van der Waals surface area contributed by atoms with Gasteiger partial charge in [0.25, 0.3) is 0 Å². The van der Waals surface area contributed by atoms with Crippen LogP contribution in [0.2, 0.25) is 0 Å². The number of Topliss-reactive ketones (excluding diaryl/α,β-unsaturated/α-hetero) is 1. The number of ether oxygens (including phenoxy) is 1. The molecule has 188 valence electrons. The largest absolute Gasteiger partial charge is 0.462 e. The molecule has 37 heavy (non-hydrogen) atoms. The molecule has 0 fully saturated rings. The molecule has 10 heteroatoms. The zero-order valence-electron chi connectivity index (χ0n) is 20.5. The number of esters is 1. The number of thioether (sulfide) groups is 1. The molecule has 4 rings (SSSR count). The lowest BCUT2D eigenvalue weighted by Gasteiger charge is -2.10. The summed E-state index contributed by atoms with van der Waals surface area (Å²) in [6.07, 6.45) is 0. The second-order valence-corrected chi connectivity index (χ2v) is 9.86. The normalized spacial score (nSPS) is 10.7. The number of nitrogens with one attached hydrogen (secondary N) is 1. The van der Waals surface area contributed by atoms with Gasteiger partial charge in [-0.3, -0.25) is 9.59 Å². The van der Waals surface area contributed by atoms with E-state index in [-0.39, 0.29) is 34.6 Å². The Labute approximate surface area is 222 Å². The van der Waals surface area contributed by atoms with E-state index in [1.165, 1.54) is 6.92 Å². The fourth-order valence-corrected chi connectivity index (χ4v) is 5.33. The molecule has 2 aromatic heterocycles. The third-order valence-electron chi connectivity index (χ3n) is 5.29. The minimum Gasteiger partial charge on any atom is -0.462 e. The van der Waals surface area contributed by atoms with Gasteiger partial charge in [0.15, 0.2) is 5.78 Å². The Morgan fingerprint density at radius 1 is 0.946 bits per heavy atom. The van der Waals surface area contributed by atoms with E-state index in [0.717, 1.165) is 34.2 Å². The highest BCUT2D eigenvalue weighted by Gasteiger charge is 2.25. The molecule has 2 aromatic carbocycles. The highest BCUT2D eigenvalue weighted by Crippen LogP contribution is 2.34. The lowest BCUT2D eigenvalue weighted by Crippen LogP contribution is -2.16. The van der Waals surface area contributed by atoms with Crippen LogP contribution in [-0.2, 0) is 9.53 Å². The number of carbonyl (C=O) groups is 3. The van der Waals surface area contributed by atoms with Gasteiger partial charge in [-0.05, 0) is 26.3 Å². The van der Waals surface area contributed by atoms with Crippen molar-refractivity contribution in [3.63, 3.8) is 0 Å². The van der Waals surface area contributed by atoms with E-state index in [9.17, 15) is 14.4 Å².